The van der Waals surface area contributed by atoms with Crippen molar-refractivity contribution in [3.05, 3.63) is 23.3 Å². The van der Waals surface area contributed by atoms with Gasteiger partial charge in [0.1, 0.15) is 11.5 Å². The highest BCUT2D eigenvalue weighted by molar-refractivity contribution is 6.34. The molecule has 104 valence electrons. The monoisotopic (exact) mass is 266 g/mol. The molecule has 0 saturated heterocycles. The van der Waals surface area contributed by atoms with Gasteiger partial charge in [0.25, 0.3) is 0 Å². The number of carbonyl (C=O) groups excluding carboxylic acids is 2. The molecule has 0 aliphatic heterocycles. The first kappa shape index (κ1) is 14.8. The molecule has 0 atom stereocenters. The van der Waals surface area contributed by atoms with Crippen molar-refractivity contribution in [3.63, 3.8) is 0 Å². The fourth-order valence-electron chi connectivity index (χ4n) is 1.83. The topological polar surface area (TPSA) is 90.6 Å². The maximum Gasteiger partial charge on any atom is 0.309 e. The summed E-state index contributed by atoms with van der Waals surface area (Å²) in [7, 11) is 3.17. The van der Waals surface area contributed by atoms with Crippen LogP contribution < -0.4 is 20.5 Å². The zero-order valence-electron chi connectivity index (χ0n) is 11.3. The van der Waals surface area contributed by atoms with Gasteiger partial charge in [-0.3, -0.25) is 9.59 Å². The lowest BCUT2D eigenvalue weighted by Crippen LogP contribution is -2.37. The zero-order chi connectivity index (χ0) is 14.4. The Balaban J connectivity index is 2.76. The second kappa shape index (κ2) is 6.63. The largest absolute Gasteiger partial charge is 0.496 e. The number of carbonyl (C=O) groups is 2. The lowest BCUT2D eigenvalue weighted by Gasteiger charge is -2.14. The number of benzene rings is 1. The Morgan fingerprint density at radius 3 is 2.47 bits per heavy atom. The Kier molecular flexibility index (Phi) is 5.17. The molecular formula is C13H18N2O4. The molecule has 2 amide bonds. The number of primary amides is 1. The molecule has 6 heteroatoms. The first-order valence-electron chi connectivity index (χ1n) is 5.79. The molecular weight excluding hydrogens is 248 g/mol. The molecule has 1 rings (SSSR count). The molecule has 0 fully saturated rings. The van der Waals surface area contributed by atoms with Crippen molar-refractivity contribution < 1.29 is 19.1 Å². The van der Waals surface area contributed by atoms with Gasteiger partial charge in [0.2, 0.25) is 0 Å². The Hall–Kier alpha value is -2.24. The van der Waals surface area contributed by atoms with Gasteiger partial charge in [-0.05, 0) is 25.0 Å². The first-order chi connectivity index (χ1) is 9.01. The van der Waals surface area contributed by atoms with E-state index >= 15 is 0 Å². The molecule has 0 bridgehead atoms. The summed E-state index contributed by atoms with van der Waals surface area (Å²) < 4.78 is 10.5. The third-order valence-corrected chi connectivity index (χ3v) is 2.77. The van der Waals surface area contributed by atoms with Gasteiger partial charge in [-0.1, -0.05) is 6.07 Å². The molecule has 0 radical (unpaired) electrons. The van der Waals surface area contributed by atoms with Crippen LogP contribution in [0.15, 0.2) is 12.1 Å². The van der Waals surface area contributed by atoms with Crippen molar-refractivity contribution in [1.29, 1.82) is 0 Å². The van der Waals surface area contributed by atoms with Crippen molar-refractivity contribution in [2.24, 2.45) is 5.73 Å². The van der Waals surface area contributed by atoms with Crippen molar-refractivity contribution in [3.8, 4) is 11.5 Å². The van der Waals surface area contributed by atoms with E-state index in [4.69, 9.17) is 15.2 Å². The van der Waals surface area contributed by atoms with Crippen LogP contribution in [0.1, 0.15) is 11.1 Å². The molecule has 1 aromatic rings. The van der Waals surface area contributed by atoms with Crippen LogP contribution in [-0.4, -0.2) is 32.6 Å². The van der Waals surface area contributed by atoms with Crippen LogP contribution in [0.4, 0.5) is 0 Å². The lowest BCUT2D eigenvalue weighted by molar-refractivity contribution is -0.137. The van der Waals surface area contributed by atoms with Crippen molar-refractivity contribution in [2.45, 2.75) is 13.3 Å². The minimum atomic E-state index is -0.988. The number of hydrogen-bond donors (Lipinski definition) is 2. The average Bonchev–Trinajstić information content (AvgIpc) is 2.38. The SMILES string of the molecule is COc1ccc(CCNC(=O)C(N)=O)c(OC)c1C. The van der Waals surface area contributed by atoms with Gasteiger partial charge in [-0.25, -0.2) is 0 Å². The van der Waals surface area contributed by atoms with E-state index in [1.807, 2.05) is 19.1 Å². The van der Waals surface area contributed by atoms with Crippen LogP contribution >= 0.6 is 0 Å². The number of nitrogens with two attached hydrogens (primary N) is 1. The maximum atomic E-state index is 11.0. The fourth-order valence-corrected chi connectivity index (χ4v) is 1.83. The minimum Gasteiger partial charge on any atom is -0.496 e. The molecule has 0 aromatic heterocycles. The number of amides is 2. The summed E-state index contributed by atoms with van der Waals surface area (Å²) in [6.07, 6.45) is 0.535. The van der Waals surface area contributed by atoms with Crippen molar-refractivity contribution in [1.82, 2.24) is 5.32 Å². The molecule has 1 aromatic carbocycles. The molecule has 6 nitrogen and oxygen atoms in total. The zero-order valence-corrected chi connectivity index (χ0v) is 11.3. The summed E-state index contributed by atoms with van der Waals surface area (Å²) in [4.78, 5) is 21.6. The van der Waals surface area contributed by atoms with Crippen LogP contribution in [0.3, 0.4) is 0 Å². The Bertz CT molecular complexity index is 486. The van der Waals surface area contributed by atoms with Crippen molar-refractivity contribution in [2.75, 3.05) is 20.8 Å². The molecule has 3 N–H and O–H groups in total. The predicted octanol–water partition coefficient (Wildman–Crippen LogP) is 0.156. The van der Waals surface area contributed by atoms with Crippen LogP contribution in [0.25, 0.3) is 0 Å². The lowest BCUT2D eigenvalue weighted by atomic mass is 10.1. The van der Waals surface area contributed by atoms with E-state index in [1.165, 1.54) is 0 Å². The number of rotatable bonds is 5. The number of ether oxygens (including phenoxy) is 2. The second-order valence-electron chi connectivity index (χ2n) is 3.96. The quantitative estimate of drug-likeness (QED) is 0.743. The fraction of sp³-hybridized carbons (Fsp3) is 0.385. The normalized spacial score (nSPS) is 9.84. The van der Waals surface area contributed by atoms with Gasteiger partial charge >= 0.3 is 11.8 Å². The van der Waals surface area contributed by atoms with Gasteiger partial charge in [0.05, 0.1) is 14.2 Å². The van der Waals surface area contributed by atoms with E-state index in [9.17, 15) is 9.59 Å². The van der Waals surface area contributed by atoms with Crippen LogP contribution in [-0.2, 0) is 16.0 Å². The van der Waals surface area contributed by atoms with Crippen molar-refractivity contribution >= 4 is 11.8 Å². The van der Waals surface area contributed by atoms with E-state index in [0.717, 1.165) is 16.9 Å². The highest BCUT2D eigenvalue weighted by Crippen LogP contribution is 2.31. The molecule has 0 aliphatic carbocycles. The third-order valence-electron chi connectivity index (χ3n) is 2.77. The van der Waals surface area contributed by atoms with Gasteiger partial charge in [-0.2, -0.15) is 0 Å². The van der Waals surface area contributed by atoms with E-state index in [2.05, 4.69) is 5.32 Å². The molecule has 19 heavy (non-hydrogen) atoms. The molecule has 0 unspecified atom stereocenters. The molecule has 0 spiro atoms. The molecule has 0 aliphatic rings. The van der Waals surface area contributed by atoms with Crippen LogP contribution in [0.2, 0.25) is 0 Å². The van der Waals surface area contributed by atoms with Gasteiger partial charge < -0.3 is 20.5 Å². The average molecular weight is 266 g/mol. The molecule has 0 saturated carbocycles. The Morgan fingerprint density at radius 1 is 1.26 bits per heavy atom. The number of hydrogen-bond acceptors (Lipinski definition) is 4. The summed E-state index contributed by atoms with van der Waals surface area (Å²) in [6.45, 7) is 2.20. The summed E-state index contributed by atoms with van der Waals surface area (Å²) in [5, 5.41) is 2.43. The van der Waals surface area contributed by atoms with E-state index < -0.39 is 11.8 Å². The van der Waals surface area contributed by atoms with E-state index in [-0.39, 0.29) is 0 Å². The highest BCUT2D eigenvalue weighted by Gasteiger charge is 2.12. The second-order valence-corrected chi connectivity index (χ2v) is 3.96. The summed E-state index contributed by atoms with van der Waals surface area (Å²) >= 11 is 0. The van der Waals surface area contributed by atoms with Crippen LogP contribution in [0.5, 0.6) is 11.5 Å². The predicted molar refractivity (Wildman–Crippen MR) is 70.2 cm³/mol. The first-order valence-corrected chi connectivity index (χ1v) is 5.79. The summed E-state index contributed by atoms with van der Waals surface area (Å²) in [5.41, 5.74) is 6.66. The standard InChI is InChI=1S/C13H18N2O4/c1-8-10(18-2)5-4-9(11(8)19-3)6-7-15-13(17)12(14)16/h4-5H,6-7H2,1-3H3,(H2,14,16)(H,15,17). The Morgan fingerprint density at radius 2 is 1.95 bits per heavy atom. The smallest absolute Gasteiger partial charge is 0.309 e. The minimum absolute atomic E-state index is 0.309. The Labute approximate surface area is 111 Å². The van der Waals surface area contributed by atoms with E-state index in [0.29, 0.717) is 18.7 Å². The molecule has 0 heterocycles. The van der Waals surface area contributed by atoms with E-state index in [1.54, 1.807) is 14.2 Å². The third kappa shape index (κ3) is 3.61. The number of methoxy groups -OCH3 is 2. The summed E-state index contributed by atoms with van der Waals surface area (Å²) in [5.74, 6) is -0.323. The maximum absolute atomic E-state index is 11.0. The van der Waals surface area contributed by atoms with Gasteiger partial charge in [0, 0.05) is 12.1 Å². The van der Waals surface area contributed by atoms with Crippen LogP contribution in [0, 0.1) is 6.92 Å². The highest BCUT2D eigenvalue weighted by atomic mass is 16.5. The number of nitrogens with one attached hydrogen (secondary N) is 1. The van der Waals surface area contributed by atoms with Gasteiger partial charge in [0.15, 0.2) is 0 Å². The van der Waals surface area contributed by atoms with Gasteiger partial charge in [-0.15, -0.1) is 0 Å². The summed E-state index contributed by atoms with van der Waals surface area (Å²) in [6, 6.07) is 3.70.